The molecule has 1 aliphatic heterocycles. The fourth-order valence-corrected chi connectivity index (χ4v) is 3.48. The summed E-state index contributed by atoms with van der Waals surface area (Å²) in [6.45, 7) is 5.29. The molecule has 3 aromatic rings. The van der Waals surface area contributed by atoms with Crippen molar-refractivity contribution >= 4 is 18.5 Å². The first kappa shape index (κ1) is 14.3. The molecule has 0 unspecified atom stereocenters. The molecule has 0 fully saturated rings. The molecule has 2 heterocycles. The van der Waals surface area contributed by atoms with Crippen molar-refractivity contribution in [3.8, 4) is 22.5 Å². The summed E-state index contributed by atoms with van der Waals surface area (Å²) >= 11 is 4.49. The summed E-state index contributed by atoms with van der Waals surface area (Å²) < 4.78 is 1.58. The van der Waals surface area contributed by atoms with Crippen LogP contribution in [0.15, 0.2) is 48.5 Å². The fourth-order valence-electron chi connectivity index (χ4n) is 3.23. The Hall–Kier alpha value is -2.27. The first-order valence-electron chi connectivity index (χ1n) is 7.76. The van der Waals surface area contributed by atoms with Gasteiger partial charge >= 0.3 is 0 Å². The summed E-state index contributed by atoms with van der Waals surface area (Å²) in [6, 6.07) is 17.2. The van der Waals surface area contributed by atoms with Crippen LogP contribution in [0.25, 0.3) is 22.5 Å². The number of fused-ring (bicyclic) bond motifs is 5. The van der Waals surface area contributed by atoms with Crippen molar-refractivity contribution in [1.82, 2.24) is 14.4 Å². The summed E-state index contributed by atoms with van der Waals surface area (Å²) in [5, 5.41) is 8.55. The van der Waals surface area contributed by atoms with Crippen LogP contribution in [-0.2, 0) is 6.54 Å². The average molecular weight is 322 g/mol. The Labute approximate surface area is 141 Å². The molecule has 0 aliphatic carbocycles. The molecule has 0 bridgehead atoms. The Morgan fingerprint density at radius 3 is 2.48 bits per heavy atom. The van der Waals surface area contributed by atoms with Crippen molar-refractivity contribution in [2.75, 3.05) is 4.90 Å². The van der Waals surface area contributed by atoms with Gasteiger partial charge in [0.05, 0.1) is 0 Å². The van der Waals surface area contributed by atoms with E-state index in [1.807, 2.05) is 6.07 Å². The number of benzene rings is 2. The lowest BCUT2D eigenvalue weighted by Crippen LogP contribution is -2.31. The van der Waals surface area contributed by atoms with Gasteiger partial charge in [-0.2, -0.15) is 4.09 Å². The molecule has 0 N–H and O–H groups in total. The molecule has 0 atom stereocenters. The second-order valence-corrected chi connectivity index (χ2v) is 6.45. The lowest BCUT2D eigenvalue weighted by molar-refractivity contribution is 0.683. The van der Waals surface area contributed by atoms with E-state index in [1.165, 1.54) is 11.3 Å². The van der Waals surface area contributed by atoms with Crippen molar-refractivity contribution in [2.45, 2.75) is 26.4 Å². The van der Waals surface area contributed by atoms with Gasteiger partial charge in [0.1, 0.15) is 11.4 Å². The van der Waals surface area contributed by atoms with Gasteiger partial charge < -0.3 is 4.90 Å². The molecule has 23 heavy (non-hydrogen) atoms. The minimum Gasteiger partial charge on any atom is -0.364 e. The van der Waals surface area contributed by atoms with Gasteiger partial charge in [0, 0.05) is 29.4 Å². The maximum Gasteiger partial charge on any atom is 0.122 e. The average Bonchev–Trinajstić information content (AvgIpc) is 2.92. The predicted molar refractivity (Wildman–Crippen MR) is 96.6 cm³/mol. The summed E-state index contributed by atoms with van der Waals surface area (Å²) in [5.41, 5.74) is 6.53. The number of para-hydroxylation sites is 1. The van der Waals surface area contributed by atoms with Crippen LogP contribution in [0, 0.1) is 0 Å². The maximum absolute atomic E-state index is 4.49. The molecule has 0 spiro atoms. The van der Waals surface area contributed by atoms with Crippen LogP contribution in [0.2, 0.25) is 0 Å². The highest BCUT2D eigenvalue weighted by Crippen LogP contribution is 2.41. The molecule has 1 aromatic heterocycles. The number of aromatic nitrogens is 3. The Kier molecular flexibility index (Phi) is 3.38. The first-order chi connectivity index (χ1) is 11.2. The smallest absolute Gasteiger partial charge is 0.122 e. The monoisotopic (exact) mass is 322 g/mol. The second kappa shape index (κ2) is 5.42. The molecule has 0 saturated heterocycles. The van der Waals surface area contributed by atoms with Gasteiger partial charge in [-0.15, -0.1) is 5.10 Å². The summed E-state index contributed by atoms with van der Waals surface area (Å²) in [5.74, 6) is 0. The Bertz CT molecular complexity index is 869. The van der Waals surface area contributed by atoms with Crippen molar-refractivity contribution in [2.24, 2.45) is 0 Å². The number of rotatable bonds is 1. The normalized spacial score (nSPS) is 13.1. The van der Waals surface area contributed by atoms with Crippen molar-refractivity contribution in [3.05, 3.63) is 54.1 Å². The molecule has 5 heteroatoms. The highest BCUT2D eigenvalue weighted by molar-refractivity contribution is 7.78. The third-order valence-corrected chi connectivity index (χ3v) is 4.64. The topological polar surface area (TPSA) is 34.0 Å². The van der Waals surface area contributed by atoms with E-state index in [-0.39, 0.29) is 0 Å². The molecule has 0 amide bonds. The van der Waals surface area contributed by atoms with Gasteiger partial charge in [-0.05, 0) is 38.3 Å². The summed E-state index contributed by atoms with van der Waals surface area (Å²) in [6.07, 6.45) is 0. The standard InChI is InChI=1S/C18H18N4S/c1-12(2)21-11-13-7-3-4-8-14(13)17-18(22(23)20-19-17)15-9-5-6-10-16(15)21/h3-10,12,23H,11H2,1-2H3. The van der Waals surface area contributed by atoms with Gasteiger partial charge in [-0.25, -0.2) is 0 Å². The van der Waals surface area contributed by atoms with Crippen LogP contribution in [0.4, 0.5) is 5.69 Å². The van der Waals surface area contributed by atoms with Crippen LogP contribution >= 0.6 is 12.8 Å². The van der Waals surface area contributed by atoms with E-state index in [2.05, 4.69) is 84.3 Å². The van der Waals surface area contributed by atoms with Crippen LogP contribution in [0.3, 0.4) is 0 Å². The van der Waals surface area contributed by atoms with E-state index >= 15 is 0 Å². The van der Waals surface area contributed by atoms with Gasteiger partial charge in [-0.1, -0.05) is 47.7 Å². The number of hydrogen-bond acceptors (Lipinski definition) is 4. The number of anilines is 1. The zero-order valence-electron chi connectivity index (χ0n) is 13.1. The molecular formula is C18H18N4S. The first-order valence-corrected chi connectivity index (χ1v) is 8.16. The van der Waals surface area contributed by atoms with E-state index in [0.717, 1.165) is 29.1 Å². The number of nitrogens with zero attached hydrogens (tertiary/aromatic N) is 4. The Morgan fingerprint density at radius 2 is 1.70 bits per heavy atom. The largest absolute Gasteiger partial charge is 0.364 e. The summed E-state index contributed by atoms with van der Waals surface area (Å²) in [4.78, 5) is 2.41. The Balaban J connectivity index is 2.09. The predicted octanol–water partition coefficient (Wildman–Crippen LogP) is 4.03. The summed E-state index contributed by atoms with van der Waals surface area (Å²) in [7, 11) is 0. The van der Waals surface area contributed by atoms with Crippen LogP contribution < -0.4 is 4.90 Å². The lowest BCUT2D eigenvalue weighted by atomic mass is 9.95. The van der Waals surface area contributed by atoms with Crippen LogP contribution in [-0.4, -0.2) is 20.4 Å². The second-order valence-electron chi connectivity index (χ2n) is 6.07. The number of thiol groups is 1. The van der Waals surface area contributed by atoms with E-state index in [4.69, 9.17) is 0 Å². The fraction of sp³-hybridized carbons (Fsp3) is 0.222. The zero-order valence-corrected chi connectivity index (χ0v) is 14.0. The molecule has 0 radical (unpaired) electrons. The van der Waals surface area contributed by atoms with Crippen molar-refractivity contribution in [3.63, 3.8) is 0 Å². The van der Waals surface area contributed by atoms with Crippen molar-refractivity contribution < 1.29 is 0 Å². The van der Waals surface area contributed by atoms with E-state index in [9.17, 15) is 0 Å². The highest BCUT2D eigenvalue weighted by Gasteiger charge is 2.26. The maximum atomic E-state index is 4.49. The molecular weight excluding hydrogens is 304 g/mol. The molecule has 4 nitrogen and oxygen atoms in total. The molecule has 0 saturated carbocycles. The zero-order chi connectivity index (χ0) is 16.0. The molecule has 1 aliphatic rings. The van der Waals surface area contributed by atoms with Gasteiger partial charge in [0.2, 0.25) is 0 Å². The molecule has 4 rings (SSSR count). The minimum absolute atomic E-state index is 0.384. The van der Waals surface area contributed by atoms with Crippen LogP contribution in [0.1, 0.15) is 19.4 Å². The van der Waals surface area contributed by atoms with E-state index in [0.29, 0.717) is 6.04 Å². The van der Waals surface area contributed by atoms with Crippen LogP contribution in [0.5, 0.6) is 0 Å². The van der Waals surface area contributed by atoms with Gasteiger partial charge in [0.15, 0.2) is 0 Å². The minimum atomic E-state index is 0.384. The number of hydrogen-bond donors (Lipinski definition) is 1. The van der Waals surface area contributed by atoms with Gasteiger partial charge in [-0.3, -0.25) is 0 Å². The van der Waals surface area contributed by atoms with Crippen molar-refractivity contribution in [1.29, 1.82) is 0 Å². The SMILES string of the molecule is CC(C)N1Cc2ccccc2-c2nnn(S)c2-c2ccccc21. The van der Waals surface area contributed by atoms with Gasteiger partial charge in [0.25, 0.3) is 0 Å². The molecule has 116 valence electrons. The lowest BCUT2D eigenvalue weighted by Gasteiger charge is -2.33. The Morgan fingerprint density at radius 1 is 1.00 bits per heavy atom. The van der Waals surface area contributed by atoms with E-state index < -0.39 is 0 Å². The third kappa shape index (κ3) is 2.23. The highest BCUT2D eigenvalue weighted by atomic mass is 32.1. The third-order valence-electron chi connectivity index (χ3n) is 4.36. The van der Waals surface area contributed by atoms with E-state index in [1.54, 1.807) is 4.09 Å². The molecule has 2 aromatic carbocycles. The quantitative estimate of drug-likeness (QED) is 0.687.